The van der Waals surface area contributed by atoms with Gasteiger partial charge in [-0.1, -0.05) is 18.2 Å². The van der Waals surface area contributed by atoms with E-state index in [1.54, 1.807) is 0 Å². The molecule has 0 saturated carbocycles. The van der Waals surface area contributed by atoms with E-state index in [1.807, 2.05) is 23.1 Å². The molecule has 1 aliphatic rings. The molecular formula is C16H25N3O. The predicted molar refractivity (Wildman–Crippen MR) is 83.1 cm³/mol. The number of hydrogen-bond acceptors (Lipinski definition) is 3. The first-order valence-electron chi connectivity index (χ1n) is 7.35. The number of para-hydroxylation sites is 1. The van der Waals surface area contributed by atoms with Crippen molar-refractivity contribution in [3.63, 3.8) is 0 Å². The van der Waals surface area contributed by atoms with Crippen LogP contribution in [0.15, 0.2) is 24.3 Å². The van der Waals surface area contributed by atoms with Crippen LogP contribution < -0.4 is 10.2 Å². The van der Waals surface area contributed by atoms with Crippen molar-refractivity contribution in [2.45, 2.75) is 25.8 Å². The third-order valence-electron chi connectivity index (χ3n) is 3.71. The molecule has 0 saturated heterocycles. The van der Waals surface area contributed by atoms with Gasteiger partial charge in [0.05, 0.1) is 6.54 Å². The van der Waals surface area contributed by atoms with Gasteiger partial charge in [-0.05, 0) is 58.6 Å². The standard InChI is InChI=1S/C16H25N3O/c1-13-11-14-7-4-5-8-15(14)19(13)16(20)12-17-9-6-10-18(2)3/h4-5,7-8,13,17H,6,9-12H2,1-3H3/t13-/m1/s1. The van der Waals surface area contributed by atoms with Gasteiger partial charge in [-0.25, -0.2) is 0 Å². The normalized spacial score (nSPS) is 17.6. The largest absolute Gasteiger partial charge is 0.309 e. The van der Waals surface area contributed by atoms with E-state index in [9.17, 15) is 4.79 Å². The number of hydrogen-bond donors (Lipinski definition) is 1. The molecule has 0 radical (unpaired) electrons. The second kappa shape index (κ2) is 6.86. The van der Waals surface area contributed by atoms with Gasteiger partial charge in [-0.3, -0.25) is 4.79 Å². The van der Waals surface area contributed by atoms with Gasteiger partial charge in [0, 0.05) is 11.7 Å². The molecule has 0 bridgehead atoms. The molecule has 110 valence electrons. The van der Waals surface area contributed by atoms with Gasteiger partial charge in [0.25, 0.3) is 0 Å². The fourth-order valence-corrected chi connectivity index (χ4v) is 2.75. The molecule has 1 heterocycles. The zero-order valence-corrected chi connectivity index (χ0v) is 12.7. The van der Waals surface area contributed by atoms with Crippen LogP contribution in [0.3, 0.4) is 0 Å². The number of nitrogens with zero attached hydrogens (tertiary/aromatic N) is 2. The van der Waals surface area contributed by atoms with Crippen molar-refractivity contribution >= 4 is 11.6 Å². The quantitative estimate of drug-likeness (QED) is 0.799. The van der Waals surface area contributed by atoms with Crippen molar-refractivity contribution in [1.29, 1.82) is 0 Å². The van der Waals surface area contributed by atoms with E-state index in [-0.39, 0.29) is 11.9 Å². The molecule has 2 rings (SSSR count). The number of carbonyl (C=O) groups excluding carboxylic acids is 1. The highest BCUT2D eigenvalue weighted by Gasteiger charge is 2.29. The molecule has 1 aromatic rings. The first-order chi connectivity index (χ1) is 9.59. The summed E-state index contributed by atoms with van der Waals surface area (Å²) in [6.45, 7) is 4.47. The fraction of sp³-hybridized carbons (Fsp3) is 0.562. The maximum absolute atomic E-state index is 12.4. The predicted octanol–water partition coefficient (Wildman–Crippen LogP) is 1.51. The van der Waals surface area contributed by atoms with Crippen molar-refractivity contribution in [3.05, 3.63) is 29.8 Å². The van der Waals surface area contributed by atoms with Crippen molar-refractivity contribution in [1.82, 2.24) is 10.2 Å². The Balaban J connectivity index is 1.84. The minimum atomic E-state index is 0.173. The monoisotopic (exact) mass is 275 g/mol. The summed E-state index contributed by atoms with van der Waals surface area (Å²) in [4.78, 5) is 16.5. The lowest BCUT2D eigenvalue weighted by Crippen LogP contribution is -2.41. The van der Waals surface area contributed by atoms with Crippen molar-refractivity contribution in [2.24, 2.45) is 0 Å². The number of rotatable bonds is 6. The van der Waals surface area contributed by atoms with E-state index < -0.39 is 0 Å². The highest BCUT2D eigenvalue weighted by Crippen LogP contribution is 2.31. The molecule has 0 aliphatic carbocycles. The summed E-state index contributed by atoms with van der Waals surface area (Å²) in [7, 11) is 4.13. The van der Waals surface area contributed by atoms with E-state index in [0.29, 0.717) is 6.54 Å². The summed E-state index contributed by atoms with van der Waals surface area (Å²) >= 11 is 0. The number of nitrogens with one attached hydrogen (secondary N) is 1. The van der Waals surface area contributed by atoms with Crippen LogP contribution in [0.5, 0.6) is 0 Å². The second-order valence-electron chi connectivity index (χ2n) is 5.78. The summed E-state index contributed by atoms with van der Waals surface area (Å²) in [6, 6.07) is 8.47. The van der Waals surface area contributed by atoms with Crippen molar-refractivity contribution in [3.8, 4) is 0 Å². The maximum Gasteiger partial charge on any atom is 0.241 e. The van der Waals surface area contributed by atoms with Crippen LogP contribution in [-0.2, 0) is 11.2 Å². The second-order valence-corrected chi connectivity index (χ2v) is 5.78. The molecule has 0 aromatic heterocycles. The Morgan fingerprint density at radius 1 is 1.40 bits per heavy atom. The number of amides is 1. The lowest BCUT2D eigenvalue weighted by atomic mass is 10.1. The van der Waals surface area contributed by atoms with Crippen LogP contribution in [0.4, 0.5) is 5.69 Å². The topological polar surface area (TPSA) is 35.6 Å². The first kappa shape index (κ1) is 15.0. The molecule has 1 N–H and O–H groups in total. The van der Waals surface area contributed by atoms with Crippen LogP contribution in [0, 0.1) is 0 Å². The van der Waals surface area contributed by atoms with Gasteiger partial charge in [0.15, 0.2) is 0 Å². The molecule has 0 spiro atoms. The summed E-state index contributed by atoms with van der Waals surface area (Å²) in [5, 5.41) is 3.25. The van der Waals surface area contributed by atoms with Gasteiger partial charge in [0.2, 0.25) is 5.91 Å². The number of carbonyl (C=O) groups is 1. The van der Waals surface area contributed by atoms with Gasteiger partial charge in [-0.15, -0.1) is 0 Å². The SMILES string of the molecule is C[C@@H]1Cc2ccccc2N1C(=O)CNCCCN(C)C. The minimum Gasteiger partial charge on any atom is -0.309 e. The number of benzene rings is 1. The lowest BCUT2D eigenvalue weighted by molar-refractivity contribution is -0.118. The summed E-state index contributed by atoms with van der Waals surface area (Å²) in [6.07, 6.45) is 2.02. The van der Waals surface area contributed by atoms with Gasteiger partial charge in [0.1, 0.15) is 0 Å². The zero-order valence-electron chi connectivity index (χ0n) is 12.7. The van der Waals surface area contributed by atoms with Crippen LogP contribution in [0.25, 0.3) is 0 Å². The summed E-state index contributed by atoms with van der Waals surface area (Å²) < 4.78 is 0. The zero-order chi connectivity index (χ0) is 14.5. The Kier molecular flexibility index (Phi) is 5.15. The third kappa shape index (κ3) is 3.58. The summed E-state index contributed by atoms with van der Waals surface area (Å²) in [5.41, 5.74) is 2.36. The highest BCUT2D eigenvalue weighted by molar-refractivity contribution is 5.97. The summed E-state index contributed by atoms with van der Waals surface area (Å²) in [5.74, 6) is 0.173. The molecule has 1 aliphatic heterocycles. The van der Waals surface area contributed by atoms with Crippen molar-refractivity contribution < 1.29 is 4.79 Å². The Hall–Kier alpha value is -1.39. The molecule has 0 fully saturated rings. The van der Waals surface area contributed by atoms with E-state index in [2.05, 4.69) is 37.3 Å². The average molecular weight is 275 g/mol. The lowest BCUT2D eigenvalue weighted by Gasteiger charge is -2.23. The Labute approximate surface area is 121 Å². The van der Waals surface area contributed by atoms with Crippen molar-refractivity contribution in [2.75, 3.05) is 38.6 Å². The molecule has 20 heavy (non-hydrogen) atoms. The van der Waals surface area contributed by atoms with E-state index >= 15 is 0 Å². The third-order valence-corrected chi connectivity index (χ3v) is 3.71. The molecule has 4 nitrogen and oxygen atoms in total. The van der Waals surface area contributed by atoms with Gasteiger partial charge in [-0.2, -0.15) is 0 Å². The van der Waals surface area contributed by atoms with Crippen LogP contribution in [0.2, 0.25) is 0 Å². The molecule has 1 atom stereocenters. The fourth-order valence-electron chi connectivity index (χ4n) is 2.75. The molecule has 4 heteroatoms. The van der Waals surface area contributed by atoms with Gasteiger partial charge < -0.3 is 15.1 Å². The molecule has 0 unspecified atom stereocenters. The first-order valence-corrected chi connectivity index (χ1v) is 7.35. The molecular weight excluding hydrogens is 250 g/mol. The molecule has 1 amide bonds. The Morgan fingerprint density at radius 2 is 2.15 bits per heavy atom. The Morgan fingerprint density at radius 3 is 2.90 bits per heavy atom. The maximum atomic E-state index is 12.4. The van der Waals surface area contributed by atoms with E-state index in [0.717, 1.165) is 31.6 Å². The van der Waals surface area contributed by atoms with Crippen LogP contribution in [-0.4, -0.2) is 50.6 Å². The number of fused-ring (bicyclic) bond motifs is 1. The minimum absolute atomic E-state index is 0.173. The smallest absolute Gasteiger partial charge is 0.241 e. The van der Waals surface area contributed by atoms with Crippen LogP contribution in [0.1, 0.15) is 18.9 Å². The average Bonchev–Trinajstić information content (AvgIpc) is 2.73. The van der Waals surface area contributed by atoms with Crippen LogP contribution >= 0.6 is 0 Å². The Bertz CT molecular complexity index is 459. The van der Waals surface area contributed by atoms with Gasteiger partial charge >= 0.3 is 0 Å². The highest BCUT2D eigenvalue weighted by atomic mass is 16.2. The van der Waals surface area contributed by atoms with E-state index in [1.165, 1.54) is 5.56 Å². The molecule has 1 aromatic carbocycles. The van der Waals surface area contributed by atoms with E-state index in [4.69, 9.17) is 0 Å². The number of anilines is 1.